The van der Waals surface area contributed by atoms with E-state index in [0.29, 0.717) is 11.6 Å². The van der Waals surface area contributed by atoms with Crippen LogP contribution in [0.3, 0.4) is 0 Å². The molecule has 3 rings (SSSR count). The second-order valence-corrected chi connectivity index (χ2v) is 6.28. The molecule has 2 heterocycles. The number of nitrogens with zero attached hydrogens (tertiary/aromatic N) is 3. The largest absolute Gasteiger partial charge is 0.324 e. The number of piperidine rings is 1. The number of hydrogen-bond acceptors (Lipinski definition) is 2. The average molecular weight is 296 g/mol. The van der Waals surface area contributed by atoms with Crippen LogP contribution in [0.2, 0.25) is 0 Å². The summed E-state index contributed by atoms with van der Waals surface area (Å²) in [5.74, 6) is 0.598. The van der Waals surface area contributed by atoms with Gasteiger partial charge in [-0.1, -0.05) is 0 Å². The van der Waals surface area contributed by atoms with Gasteiger partial charge >= 0.3 is 0 Å². The maximum Gasteiger partial charge on any atom is 0.127 e. The van der Waals surface area contributed by atoms with Gasteiger partial charge in [0.1, 0.15) is 11.6 Å². The highest BCUT2D eigenvalue weighted by molar-refractivity contribution is 6.20. The summed E-state index contributed by atoms with van der Waals surface area (Å²) in [6.07, 6.45) is 2.16. The Kier molecular flexibility index (Phi) is 3.69. The van der Waals surface area contributed by atoms with Crippen molar-refractivity contribution in [1.82, 2.24) is 14.5 Å². The molecule has 0 saturated carbocycles. The Hall–Kier alpha value is -1.13. The first kappa shape index (κ1) is 13.8. The van der Waals surface area contributed by atoms with Crippen molar-refractivity contribution in [1.29, 1.82) is 0 Å². The van der Waals surface area contributed by atoms with E-state index < -0.39 is 0 Å². The number of likely N-dealkylation sites (tertiary alicyclic amines) is 1. The second-order valence-electron chi connectivity index (χ2n) is 5.62. The highest BCUT2D eigenvalue weighted by atomic mass is 35.5. The van der Waals surface area contributed by atoms with Crippen molar-refractivity contribution < 1.29 is 4.39 Å². The van der Waals surface area contributed by atoms with Crippen LogP contribution in [0, 0.1) is 5.82 Å². The van der Waals surface area contributed by atoms with Crippen molar-refractivity contribution in [2.45, 2.75) is 31.2 Å². The molecule has 1 aromatic heterocycles. The summed E-state index contributed by atoms with van der Waals surface area (Å²) < 4.78 is 15.6. The molecule has 2 aromatic rings. The van der Waals surface area contributed by atoms with Gasteiger partial charge < -0.3 is 9.47 Å². The smallest absolute Gasteiger partial charge is 0.127 e. The van der Waals surface area contributed by atoms with Gasteiger partial charge in [0.15, 0.2) is 0 Å². The van der Waals surface area contributed by atoms with E-state index in [0.717, 1.165) is 37.3 Å². The molecule has 0 aliphatic carbocycles. The molecule has 1 aliphatic heterocycles. The van der Waals surface area contributed by atoms with Gasteiger partial charge in [0.2, 0.25) is 0 Å². The lowest BCUT2D eigenvalue weighted by Crippen LogP contribution is -2.32. The number of alkyl halides is 1. The summed E-state index contributed by atoms with van der Waals surface area (Å²) in [4.78, 5) is 6.88. The van der Waals surface area contributed by atoms with Crippen LogP contribution >= 0.6 is 11.6 Å². The lowest BCUT2D eigenvalue weighted by molar-refractivity contribution is 0.221. The van der Waals surface area contributed by atoms with Gasteiger partial charge in [-0.2, -0.15) is 0 Å². The molecule has 1 fully saturated rings. The van der Waals surface area contributed by atoms with Gasteiger partial charge in [-0.15, -0.1) is 11.6 Å². The van der Waals surface area contributed by atoms with Crippen LogP contribution in [0.15, 0.2) is 18.2 Å². The van der Waals surface area contributed by atoms with E-state index in [1.165, 1.54) is 12.1 Å². The van der Waals surface area contributed by atoms with Gasteiger partial charge in [0.05, 0.1) is 16.4 Å². The van der Waals surface area contributed by atoms with Gasteiger partial charge in [0.25, 0.3) is 0 Å². The van der Waals surface area contributed by atoms with Crippen LogP contribution in [-0.2, 0) is 0 Å². The molecule has 0 N–H and O–H groups in total. The molecule has 1 atom stereocenters. The van der Waals surface area contributed by atoms with E-state index >= 15 is 0 Å². The minimum atomic E-state index is -0.251. The quantitative estimate of drug-likeness (QED) is 0.787. The fourth-order valence-corrected chi connectivity index (χ4v) is 3.16. The minimum absolute atomic E-state index is 0.176. The van der Waals surface area contributed by atoms with E-state index in [-0.39, 0.29) is 11.2 Å². The highest BCUT2D eigenvalue weighted by Crippen LogP contribution is 2.32. The predicted octanol–water partition coefficient (Wildman–Crippen LogP) is 3.74. The fourth-order valence-electron chi connectivity index (χ4n) is 3.01. The zero-order valence-electron chi connectivity index (χ0n) is 11.8. The summed E-state index contributed by atoms with van der Waals surface area (Å²) in [6, 6.07) is 5.21. The summed E-state index contributed by atoms with van der Waals surface area (Å²) in [6.45, 7) is 4.06. The van der Waals surface area contributed by atoms with Crippen LogP contribution in [0.1, 0.15) is 37.0 Å². The summed E-state index contributed by atoms with van der Waals surface area (Å²) in [5.41, 5.74) is 1.69. The molecule has 1 unspecified atom stereocenters. The topological polar surface area (TPSA) is 21.1 Å². The molecule has 5 heteroatoms. The predicted molar refractivity (Wildman–Crippen MR) is 79.7 cm³/mol. The second kappa shape index (κ2) is 5.34. The van der Waals surface area contributed by atoms with Crippen molar-refractivity contribution in [2.24, 2.45) is 0 Å². The number of imidazole rings is 1. The van der Waals surface area contributed by atoms with Crippen LogP contribution in [0.4, 0.5) is 4.39 Å². The molecule has 3 nitrogen and oxygen atoms in total. The number of hydrogen-bond donors (Lipinski definition) is 0. The van der Waals surface area contributed by atoms with Gasteiger partial charge in [-0.05, 0) is 52.0 Å². The summed E-state index contributed by atoms with van der Waals surface area (Å²) in [7, 11) is 2.14. The Morgan fingerprint density at radius 2 is 2.05 bits per heavy atom. The number of rotatable bonds is 2. The maximum absolute atomic E-state index is 13.4. The van der Waals surface area contributed by atoms with Gasteiger partial charge in [-0.3, -0.25) is 0 Å². The zero-order chi connectivity index (χ0) is 14.3. The average Bonchev–Trinajstić information content (AvgIpc) is 2.78. The lowest BCUT2D eigenvalue weighted by Gasteiger charge is -2.31. The van der Waals surface area contributed by atoms with Crippen LogP contribution in [-0.4, -0.2) is 34.6 Å². The molecule has 108 valence electrons. The Balaban J connectivity index is 2.09. The lowest BCUT2D eigenvalue weighted by atomic mass is 10.0. The molecular formula is C15H19ClFN3. The first-order valence-corrected chi connectivity index (χ1v) is 7.50. The van der Waals surface area contributed by atoms with E-state index in [1.807, 2.05) is 13.0 Å². The Bertz CT molecular complexity index is 615. The van der Waals surface area contributed by atoms with E-state index in [9.17, 15) is 4.39 Å². The number of halogens is 2. The van der Waals surface area contributed by atoms with Crippen LogP contribution in [0.5, 0.6) is 0 Å². The summed E-state index contributed by atoms with van der Waals surface area (Å²) >= 11 is 6.28. The Morgan fingerprint density at radius 1 is 1.35 bits per heavy atom. The van der Waals surface area contributed by atoms with Crippen molar-refractivity contribution in [3.8, 4) is 0 Å². The van der Waals surface area contributed by atoms with E-state index in [2.05, 4.69) is 21.5 Å². The minimum Gasteiger partial charge on any atom is -0.324 e. The Morgan fingerprint density at radius 3 is 2.70 bits per heavy atom. The van der Waals surface area contributed by atoms with Crippen molar-refractivity contribution in [2.75, 3.05) is 20.1 Å². The third-order valence-corrected chi connectivity index (χ3v) is 4.28. The van der Waals surface area contributed by atoms with Crippen molar-refractivity contribution in [3.05, 3.63) is 29.8 Å². The zero-order valence-corrected chi connectivity index (χ0v) is 12.6. The number of benzene rings is 1. The van der Waals surface area contributed by atoms with E-state index in [4.69, 9.17) is 11.6 Å². The van der Waals surface area contributed by atoms with E-state index in [1.54, 1.807) is 0 Å². The molecule has 0 amide bonds. The molecule has 0 radical (unpaired) electrons. The molecular weight excluding hydrogens is 277 g/mol. The van der Waals surface area contributed by atoms with Crippen LogP contribution in [0.25, 0.3) is 11.0 Å². The van der Waals surface area contributed by atoms with Crippen molar-refractivity contribution >= 4 is 22.6 Å². The molecule has 1 aliphatic rings. The van der Waals surface area contributed by atoms with Crippen LogP contribution < -0.4 is 0 Å². The van der Waals surface area contributed by atoms with Gasteiger partial charge in [-0.25, -0.2) is 9.37 Å². The normalized spacial score (nSPS) is 19.6. The monoisotopic (exact) mass is 295 g/mol. The number of fused-ring (bicyclic) bond motifs is 1. The SMILES string of the molecule is CC(Cl)c1nc2cc(F)ccc2n1C1CCN(C)CC1. The highest BCUT2D eigenvalue weighted by Gasteiger charge is 2.24. The molecule has 1 saturated heterocycles. The first-order chi connectivity index (χ1) is 9.56. The fraction of sp³-hybridized carbons (Fsp3) is 0.533. The molecule has 0 spiro atoms. The third kappa shape index (κ3) is 2.42. The molecule has 20 heavy (non-hydrogen) atoms. The van der Waals surface area contributed by atoms with Crippen molar-refractivity contribution in [3.63, 3.8) is 0 Å². The third-order valence-electron chi connectivity index (χ3n) is 4.09. The molecule has 0 bridgehead atoms. The first-order valence-electron chi connectivity index (χ1n) is 7.06. The standard InChI is InChI=1S/C15H19ClFN3/c1-10(16)15-18-13-9-11(17)3-4-14(13)20(15)12-5-7-19(2)8-6-12/h3-4,9-10,12H,5-8H2,1-2H3. The number of aromatic nitrogens is 2. The molecule has 1 aromatic carbocycles. The Labute approximate surface area is 123 Å². The maximum atomic E-state index is 13.4. The summed E-state index contributed by atoms with van der Waals surface area (Å²) in [5, 5.41) is -0.176. The van der Waals surface area contributed by atoms with Gasteiger partial charge in [0, 0.05) is 12.1 Å².